The van der Waals surface area contributed by atoms with Crippen LogP contribution in [0.1, 0.15) is 26.3 Å². The minimum atomic E-state index is -0.681. The summed E-state index contributed by atoms with van der Waals surface area (Å²) < 4.78 is 0.196. The van der Waals surface area contributed by atoms with Crippen LogP contribution in [0.2, 0.25) is 0 Å². The molecule has 116 valence electrons. The van der Waals surface area contributed by atoms with Crippen molar-refractivity contribution in [2.24, 2.45) is 0 Å². The number of piperazine rings is 1. The molecule has 1 amide bonds. The van der Waals surface area contributed by atoms with Gasteiger partial charge in [0.15, 0.2) is 0 Å². The lowest BCUT2D eigenvalue weighted by atomic mass is 10.0. The standard InChI is InChI=1S/C17H26N2O2/c1-17(2,3)18-10-13-19(14-11-18,16(20)21)12-9-15-7-5-4-6-8-15/h4-8H,9-14H2,1-3H3/p+1. The van der Waals surface area contributed by atoms with Crippen LogP contribution in [0.5, 0.6) is 0 Å². The van der Waals surface area contributed by atoms with Crippen LogP contribution in [0.4, 0.5) is 4.79 Å². The van der Waals surface area contributed by atoms with Crippen molar-refractivity contribution in [2.75, 3.05) is 32.7 Å². The van der Waals surface area contributed by atoms with E-state index in [2.05, 4.69) is 37.8 Å². The summed E-state index contributed by atoms with van der Waals surface area (Å²) in [7, 11) is 0. The second-order valence-corrected chi connectivity index (χ2v) is 6.99. The summed E-state index contributed by atoms with van der Waals surface area (Å²) in [4.78, 5) is 14.2. The lowest BCUT2D eigenvalue weighted by molar-refractivity contribution is -0.862. The van der Waals surface area contributed by atoms with Crippen molar-refractivity contribution in [3.05, 3.63) is 35.9 Å². The number of carboxylic acid groups (broad SMARTS) is 1. The predicted molar refractivity (Wildman–Crippen MR) is 84.4 cm³/mol. The van der Waals surface area contributed by atoms with Crippen LogP contribution < -0.4 is 0 Å². The number of quaternary nitrogens is 1. The van der Waals surface area contributed by atoms with Gasteiger partial charge in [-0.15, -0.1) is 0 Å². The van der Waals surface area contributed by atoms with Crippen LogP contribution in [0.3, 0.4) is 0 Å². The van der Waals surface area contributed by atoms with Gasteiger partial charge in [-0.1, -0.05) is 30.3 Å². The molecule has 4 nitrogen and oxygen atoms in total. The highest BCUT2D eigenvalue weighted by Crippen LogP contribution is 2.21. The third-order valence-corrected chi connectivity index (χ3v) is 4.62. The fourth-order valence-corrected chi connectivity index (χ4v) is 3.02. The molecule has 0 aliphatic carbocycles. The van der Waals surface area contributed by atoms with E-state index in [1.54, 1.807) is 0 Å². The van der Waals surface area contributed by atoms with Crippen molar-refractivity contribution in [1.82, 2.24) is 4.90 Å². The maximum absolute atomic E-state index is 11.8. The van der Waals surface area contributed by atoms with Crippen molar-refractivity contribution < 1.29 is 14.4 Å². The van der Waals surface area contributed by atoms with E-state index in [9.17, 15) is 9.90 Å². The third kappa shape index (κ3) is 3.83. The Labute approximate surface area is 127 Å². The lowest BCUT2D eigenvalue weighted by Gasteiger charge is -2.45. The van der Waals surface area contributed by atoms with Crippen LogP contribution in [0.25, 0.3) is 0 Å². The van der Waals surface area contributed by atoms with E-state index >= 15 is 0 Å². The number of amides is 1. The molecule has 0 spiro atoms. The summed E-state index contributed by atoms with van der Waals surface area (Å²) in [5.74, 6) is 0. The second kappa shape index (κ2) is 6.16. The number of hydrogen-bond donors (Lipinski definition) is 1. The number of carbonyl (C=O) groups is 1. The van der Waals surface area contributed by atoms with E-state index in [1.165, 1.54) is 5.56 Å². The van der Waals surface area contributed by atoms with Gasteiger partial charge in [0.1, 0.15) is 13.1 Å². The number of hydrogen-bond acceptors (Lipinski definition) is 2. The monoisotopic (exact) mass is 291 g/mol. The molecule has 1 heterocycles. The molecule has 0 radical (unpaired) electrons. The van der Waals surface area contributed by atoms with E-state index in [0.717, 1.165) is 19.5 Å². The first-order valence-corrected chi connectivity index (χ1v) is 7.72. The molecular weight excluding hydrogens is 264 g/mol. The Hall–Kier alpha value is -1.39. The zero-order valence-corrected chi connectivity index (χ0v) is 13.4. The fraction of sp³-hybridized carbons (Fsp3) is 0.588. The summed E-state index contributed by atoms with van der Waals surface area (Å²) in [5, 5.41) is 9.71. The van der Waals surface area contributed by atoms with E-state index in [1.807, 2.05) is 18.2 Å². The SMILES string of the molecule is CC(C)(C)N1CC[N+](CCc2ccccc2)(C(=O)O)CC1. The zero-order chi connectivity index (χ0) is 15.5. The Morgan fingerprint density at radius 3 is 2.24 bits per heavy atom. The highest BCUT2D eigenvalue weighted by molar-refractivity contribution is 5.56. The highest BCUT2D eigenvalue weighted by atomic mass is 16.4. The summed E-state index contributed by atoms with van der Waals surface area (Å²) in [5.41, 5.74) is 1.34. The molecule has 0 aromatic heterocycles. The van der Waals surface area contributed by atoms with Gasteiger partial charge in [0.25, 0.3) is 0 Å². The van der Waals surface area contributed by atoms with Gasteiger partial charge in [0.2, 0.25) is 0 Å². The number of benzene rings is 1. The minimum absolute atomic E-state index is 0.119. The van der Waals surface area contributed by atoms with E-state index < -0.39 is 6.09 Å². The minimum Gasteiger partial charge on any atom is -0.435 e. The maximum atomic E-state index is 11.8. The largest absolute Gasteiger partial charge is 0.513 e. The first-order valence-electron chi connectivity index (χ1n) is 7.72. The first-order chi connectivity index (χ1) is 9.83. The van der Waals surface area contributed by atoms with Crippen molar-refractivity contribution in [2.45, 2.75) is 32.7 Å². The second-order valence-electron chi connectivity index (χ2n) is 6.99. The van der Waals surface area contributed by atoms with Gasteiger partial charge in [-0.2, -0.15) is 4.79 Å². The number of rotatable bonds is 3. The van der Waals surface area contributed by atoms with Crippen molar-refractivity contribution in [3.63, 3.8) is 0 Å². The molecule has 0 atom stereocenters. The van der Waals surface area contributed by atoms with E-state index in [-0.39, 0.29) is 10.0 Å². The average Bonchev–Trinajstić information content (AvgIpc) is 2.45. The molecule has 4 heteroatoms. The van der Waals surface area contributed by atoms with Crippen LogP contribution in [-0.4, -0.2) is 58.8 Å². The Morgan fingerprint density at radius 2 is 1.76 bits per heavy atom. The molecule has 2 rings (SSSR count). The zero-order valence-electron chi connectivity index (χ0n) is 13.4. The van der Waals surface area contributed by atoms with Gasteiger partial charge in [0, 0.05) is 25.0 Å². The first kappa shape index (κ1) is 16.0. The topological polar surface area (TPSA) is 40.5 Å². The van der Waals surface area contributed by atoms with Crippen LogP contribution in [-0.2, 0) is 6.42 Å². The van der Waals surface area contributed by atoms with Crippen LogP contribution in [0.15, 0.2) is 30.3 Å². The third-order valence-electron chi connectivity index (χ3n) is 4.62. The Morgan fingerprint density at radius 1 is 1.19 bits per heavy atom. The molecule has 0 unspecified atom stereocenters. The highest BCUT2D eigenvalue weighted by Gasteiger charge is 2.42. The molecular formula is C17H27N2O2+. The molecule has 1 fully saturated rings. The summed E-state index contributed by atoms with van der Waals surface area (Å²) in [6, 6.07) is 10.2. The predicted octanol–water partition coefficient (Wildman–Crippen LogP) is 2.84. The van der Waals surface area contributed by atoms with Gasteiger partial charge in [-0.3, -0.25) is 4.90 Å². The van der Waals surface area contributed by atoms with Crippen LogP contribution >= 0.6 is 0 Å². The summed E-state index contributed by atoms with van der Waals surface area (Å²) >= 11 is 0. The van der Waals surface area contributed by atoms with Crippen molar-refractivity contribution in [1.29, 1.82) is 0 Å². The van der Waals surface area contributed by atoms with Gasteiger partial charge >= 0.3 is 6.09 Å². The fourth-order valence-electron chi connectivity index (χ4n) is 3.02. The molecule has 1 aromatic carbocycles. The van der Waals surface area contributed by atoms with Crippen molar-refractivity contribution in [3.8, 4) is 0 Å². The normalized spacial score (nSPS) is 19.4. The van der Waals surface area contributed by atoms with Crippen molar-refractivity contribution >= 4 is 6.09 Å². The Bertz CT molecular complexity index is 471. The smallest absolute Gasteiger partial charge is 0.435 e. The molecule has 1 aromatic rings. The van der Waals surface area contributed by atoms with Gasteiger partial charge in [-0.05, 0) is 26.3 Å². The maximum Gasteiger partial charge on any atom is 0.513 e. The number of nitrogens with zero attached hydrogens (tertiary/aromatic N) is 2. The van der Waals surface area contributed by atoms with E-state index in [4.69, 9.17) is 0 Å². The Balaban J connectivity index is 2.01. The quantitative estimate of drug-likeness (QED) is 0.871. The van der Waals surface area contributed by atoms with Gasteiger partial charge in [0.05, 0.1) is 6.54 Å². The molecule has 1 aliphatic heterocycles. The van der Waals surface area contributed by atoms with Gasteiger partial charge in [-0.25, -0.2) is 4.48 Å². The average molecular weight is 291 g/mol. The summed E-state index contributed by atoms with van der Waals surface area (Å²) in [6.07, 6.45) is 0.141. The van der Waals surface area contributed by atoms with Gasteiger partial charge < -0.3 is 5.11 Å². The van der Waals surface area contributed by atoms with Crippen LogP contribution in [0, 0.1) is 0 Å². The molecule has 1 aliphatic rings. The lowest BCUT2D eigenvalue weighted by Crippen LogP contribution is -2.65. The molecule has 0 bridgehead atoms. The van der Waals surface area contributed by atoms with E-state index in [0.29, 0.717) is 19.6 Å². The summed E-state index contributed by atoms with van der Waals surface area (Å²) in [6.45, 7) is 10.3. The molecule has 1 saturated heterocycles. The Kier molecular flexibility index (Phi) is 4.69. The molecule has 21 heavy (non-hydrogen) atoms. The molecule has 0 saturated carbocycles. The molecule has 1 N–H and O–H groups in total.